The largest absolute Gasteiger partial charge is 0.309 e. The van der Waals surface area contributed by atoms with Crippen LogP contribution in [0.2, 0.25) is 0 Å². The summed E-state index contributed by atoms with van der Waals surface area (Å²) in [7, 11) is 4.25. The molecule has 0 spiro atoms. The van der Waals surface area contributed by atoms with Crippen LogP contribution in [-0.2, 0) is 13.1 Å². The van der Waals surface area contributed by atoms with Gasteiger partial charge in [-0.1, -0.05) is 6.42 Å². The van der Waals surface area contributed by atoms with Crippen molar-refractivity contribution in [2.24, 2.45) is 0 Å². The first-order chi connectivity index (χ1) is 8.72. The smallest absolute Gasteiger partial charge is 0.243 e. The van der Waals surface area contributed by atoms with E-state index in [0.29, 0.717) is 0 Å². The minimum Gasteiger partial charge on any atom is -0.309 e. The van der Waals surface area contributed by atoms with Gasteiger partial charge in [0.1, 0.15) is 12.4 Å². The van der Waals surface area contributed by atoms with Crippen molar-refractivity contribution in [3.8, 4) is 0 Å². The number of rotatable bonds is 10. The van der Waals surface area contributed by atoms with Gasteiger partial charge in [-0.25, -0.2) is 9.13 Å². The lowest BCUT2D eigenvalue weighted by molar-refractivity contribution is -0.696. The monoisotopic (exact) mass is 270 g/mol. The second-order valence-corrected chi connectivity index (χ2v) is 5.63. The first kappa shape index (κ1) is 15.6. The van der Waals surface area contributed by atoms with Crippen LogP contribution in [-0.4, -0.2) is 35.9 Å². The summed E-state index contributed by atoms with van der Waals surface area (Å²) in [5.41, 5.74) is 0. The van der Waals surface area contributed by atoms with Crippen LogP contribution in [0.4, 0.5) is 0 Å². The van der Waals surface area contributed by atoms with E-state index < -0.39 is 0 Å². The average molecular weight is 270 g/mol. The molecule has 0 amide bonds. The first-order valence-electron chi connectivity index (χ1n) is 7.03. The molecule has 4 heteroatoms. The molecule has 1 rings (SSSR count). The molecule has 18 heavy (non-hydrogen) atoms. The maximum atomic E-state index is 4.23. The summed E-state index contributed by atoms with van der Waals surface area (Å²) in [5.74, 6) is 1.02. The van der Waals surface area contributed by atoms with Crippen molar-refractivity contribution in [2.45, 2.75) is 45.2 Å². The predicted molar refractivity (Wildman–Crippen MR) is 80.1 cm³/mol. The SMILES string of the molecule is CN(C)CCC[n+]1ccn(CCCCCCS)c1. The zero-order valence-electron chi connectivity index (χ0n) is 11.9. The van der Waals surface area contributed by atoms with Gasteiger partial charge in [-0.3, -0.25) is 0 Å². The molecule has 0 N–H and O–H groups in total. The van der Waals surface area contributed by atoms with E-state index in [1.54, 1.807) is 0 Å². The van der Waals surface area contributed by atoms with E-state index in [1.807, 2.05) is 0 Å². The van der Waals surface area contributed by atoms with Crippen molar-refractivity contribution in [3.63, 3.8) is 0 Å². The molecule has 0 aliphatic heterocycles. The zero-order chi connectivity index (χ0) is 13.2. The van der Waals surface area contributed by atoms with Crippen molar-refractivity contribution in [2.75, 3.05) is 26.4 Å². The molecule has 0 saturated carbocycles. The number of unbranched alkanes of at least 4 members (excludes halogenated alkanes) is 3. The summed E-state index contributed by atoms with van der Waals surface area (Å²) in [4.78, 5) is 2.24. The molecule has 0 aromatic carbocycles. The number of aryl methyl sites for hydroxylation is 2. The lowest BCUT2D eigenvalue weighted by Crippen LogP contribution is -2.32. The van der Waals surface area contributed by atoms with Crippen molar-refractivity contribution in [1.82, 2.24) is 9.47 Å². The third-order valence-corrected chi connectivity index (χ3v) is 3.41. The zero-order valence-corrected chi connectivity index (χ0v) is 12.8. The summed E-state index contributed by atoms with van der Waals surface area (Å²) in [6.07, 6.45) is 13.0. The Balaban J connectivity index is 2.13. The second kappa shape index (κ2) is 9.45. The van der Waals surface area contributed by atoms with Crippen LogP contribution in [0.25, 0.3) is 0 Å². The fourth-order valence-corrected chi connectivity index (χ4v) is 2.26. The van der Waals surface area contributed by atoms with E-state index in [1.165, 1.54) is 32.1 Å². The molecule has 3 nitrogen and oxygen atoms in total. The predicted octanol–water partition coefficient (Wildman–Crippen LogP) is 2.22. The summed E-state index contributed by atoms with van der Waals surface area (Å²) >= 11 is 4.23. The van der Waals surface area contributed by atoms with Gasteiger partial charge in [-0.15, -0.1) is 0 Å². The summed E-state index contributed by atoms with van der Waals surface area (Å²) in [6, 6.07) is 0. The standard InChI is InChI=1S/C14H27N3S/c1-15(2)8-7-10-17-12-11-16(14-17)9-5-3-4-6-13-18/h11-12,14H,3-10,13H2,1-2H3/p+1. The van der Waals surface area contributed by atoms with E-state index in [2.05, 4.69) is 59.5 Å². The highest BCUT2D eigenvalue weighted by molar-refractivity contribution is 7.80. The lowest BCUT2D eigenvalue weighted by atomic mass is 10.2. The van der Waals surface area contributed by atoms with Gasteiger partial charge in [0.2, 0.25) is 6.33 Å². The molecule has 1 aromatic heterocycles. The Hall–Kier alpha value is -0.480. The molecule has 0 saturated heterocycles. The van der Waals surface area contributed by atoms with Gasteiger partial charge in [-0.05, 0) is 45.5 Å². The van der Waals surface area contributed by atoms with E-state index >= 15 is 0 Å². The first-order valence-corrected chi connectivity index (χ1v) is 7.66. The Morgan fingerprint density at radius 1 is 1.11 bits per heavy atom. The summed E-state index contributed by atoms with van der Waals surface area (Å²) in [5, 5.41) is 0. The Morgan fingerprint density at radius 3 is 2.61 bits per heavy atom. The van der Waals surface area contributed by atoms with Crippen LogP contribution in [0.1, 0.15) is 32.1 Å². The number of imidazole rings is 1. The quantitative estimate of drug-likeness (QED) is 0.390. The third-order valence-electron chi connectivity index (χ3n) is 3.09. The van der Waals surface area contributed by atoms with Crippen LogP contribution in [0.5, 0.6) is 0 Å². The Bertz CT molecular complexity index is 310. The molecule has 0 fully saturated rings. The minimum atomic E-state index is 1.02. The molecule has 0 unspecified atom stereocenters. The number of nitrogens with zero attached hydrogens (tertiary/aromatic N) is 3. The Labute approximate surface area is 117 Å². The maximum Gasteiger partial charge on any atom is 0.243 e. The minimum absolute atomic E-state index is 1.02. The highest BCUT2D eigenvalue weighted by atomic mass is 32.1. The van der Waals surface area contributed by atoms with Crippen LogP contribution in [0, 0.1) is 0 Å². The van der Waals surface area contributed by atoms with Crippen molar-refractivity contribution >= 4 is 12.6 Å². The topological polar surface area (TPSA) is 12.1 Å². The van der Waals surface area contributed by atoms with Crippen LogP contribution < -0.4 is 4.57 Å². The molecule has 104 valence electrons. The lowest BCUT2D eigenvalue weighted by Gasteiger charge is -2.06. The number of aromatic nitrogens is 2. The van der Waals surface area contributed by atoms with Gasteiger partial charge in [0.25, 0.3) is 0 Å². The molecule has 0 aliphatic rings. The number of thiol groups is 1. The van der Waals surface area contributed by atoms with Gasteiger partial charge < -0.3 is 4.90 Å². The molecule has 0 radical (unpaired) electrons. The number of hydrogen-bond donors (Lipinski definition) is 1. The normalized spacial score (nSPS) is 11.3. The summed E-state index contributed by atoms with van der Waals surface area (Å²) < 4.78 is 4.59. The van der Waals surface area contributed by atoms with E-state index in [-0.39, 0.29) is 0 Å². The van der Waals surface area contributed by atoms with Gasteiger partial charge >= 0.3 is 0 Å². The van der Waals surface area contributed by atoms with E-state index in [9.17, 15) is 0 Å². The van der Waals surface area contributed by atoms with Gasteiger partial charge in [0.15, 0.2) is 0 Å². The van der Waals surface area contributed by atoms with Crippen LogP contribution in [0.15, 0.2) is 18.7 Å². The summed E-state index contributed by atoms with van der Waals surface area (Å²) in [6.45, 7) is 3.42. The molecule has 0 bridgehead atoms. The van der Waals surface area contributed by atoms with Gasteiger partial charge in [0, 0.05) is 6.54 Å². The fraction of sp³-hybridized carbons (Fsp3) is 0.786. The Kier molecular flexibility index (Phi) is 8.18. The molecule has 1 heterocycles. The molecule has 1 aromatic rings. The van der Waals surface area contributed by atoms with Crippen LogP contribution >= 0.6 is 12.6 Å². The maximum absolute atomic E-state index is 4.23. The highest BCUT2D eigenvalue weighted by Gasteiger charge is 2.03. The van der Waals surface area contributed by atoms with Crippen molar-refractivity contribution in [3.05, 3.63) is 18.7 Å². The third kappa shape index (κ3) is 7.07. The van der Waals surface area contributed by atoms with Gasteiger partial charge in [0.05, 0.1) is 13.1 Å². The molecular weight excluding hydrogens is 242 g/mol. The Morgan fingerprint density at radius 2 is 1.89 bits per heavy atom. The average Bonchev–Trinajstić information content (AvgIpc) is 2.76. The van der Waals surface area contributed by atoms with Gasteiger partial charge in [-0.2, -0.15) is 12.6 Å². The van der Waals surface area contributed by atoms with Crippen molar-refractivity contribution < 1.29 is 4.57 Å². The second-order valence-electron chi connectivity index (χ2n) is 5.18. The molecular formula is C14H28N3S+. The molecule has 0 atom stereocenters. The molecule has 0 aliphatic carbocycles. The highest BCUT2D eigenvalue weighted by Crippen LogP contribution is 2.02. The number of hydrogen-bond acceptors (Lipinski definition) is 2. The van der Waals surface area contributed by atoms with E-state index in [0.717, 1.165) is 25.4 Å². The van der Waals surface area contributed by atoms with Crippen LogP contribution in [0.3, 0.4) is 0 Å². The van der Waals surface area contributed by atoms with E-state index in [4.69, 9.17) is 0 Å². The fourth-order valence-electron chi connectivity index (χ4n) is 2.03. The van der Waals surface area contributed by atoms with Crippen molar-refractivity contribution in [1.29, 1.82) is 0 Å².